The molecule has 1 unspecified atom stereocenters. The van der Waals surface area contributed by atoms with Crippen molar-refractivity contribution in [3.05, 3.63) is 34.5 Å². The molecule has 1 amide bonds. The molecule has 7 heteroatoms. The van der Waals surface area contributed by atoms with Gasteiger partial charge in [-0.1, -0.05) is 0 Å². The first-order valence-corrected chi connectivity index (χ1v) is 6.28. The van der Waals surface area contributed by atoms with Crippen molar-refractivity contribution in [1.29, 1.82) is 0 Å². The summed E-state index contributed by atoms with van der Waals surface area (Å²) in [5.74, 6) is -0.536. The number of carbonyl (C=O) groups is 1. The molecular formula is C13H19N5O2. The number of aromatic amines is 1. The van der Waals surface area contributed by atoms with Crippen LogP contribution in [0.4, 0.5) is 0 Å². The fraction of sp³-hybridized carbons (Fsp3) is 0.308. The zero-order valence-electron chi connectivity index (χ0n) is 11.0. The number of rotatable bonds is 5. The summed E-state index contributed by atoms with van der Waals surface area (Å²) >= 11 is 0. The number of primary amides is 1. The number of hydrogen-bond donors (Lipinski definition) is 6. The summed E-state index contributed by atoms with van der Waals surface area (Å²) in [5.41, 5.74) is 25.4. The highest BCUT2D eigenvalue weighted by molar-refractivity contribution is 5.99. The van der Waals surface area contributed by atoms with Crippen LogP contribution in [0.25, 0.3) is 10.9 Å². The maximum atomic E-state index is 11.3. The average Bonchev–Trinajstić information content (AvgIpc) is 2.83. The maximum absolute atomic E-state index is 11.3. The quantitative estimate of drug-likeness (QED) is 0.420. The summed E-state index contributed by atoms with van der Waals surface area (Å²) in [4.78, 5) is 14.4. The van der Waals surface area contributed by atoms with E-state index in [1.807, 2.05) is 0 Å². The maximum Gasteiger partial charge on any atom is 0.248 e. The fourth-order valence-electron chi connectivity index (χ4n) is 2.43. The lowest BCUT2D eigenvalue weighted by Crippen LogP contribution is -2.14. The molecule has 0 aliphatic rings. The van der Waals surface area contributed by atoms with Gasteiger partial charge in [-0.15, -0.1) is 0 Å². The van der Waals surface area contributed by atoms with Crippen LogP contribution in [0.3, 0.4) is 0 Å². The Labute approximate surface area is 115 Å². The molecule has 1 atom stereocenters. The number of carbonyl (C=O) groups excluding carboxylic acids is 1. The molecule has 0 saturated carbocycles. The molecule has 108 valence electrons. The number of fused-ring (bicyclic) bond motifs is 1. The van der Waals surface area contributed by atoms with E-state index in [4.69, 9.17) is 22.9 Å². The Morgan fingerprint density at radius 2 is 1.95 bits per heavy atom. The summed E-state index contributed by atoms with van der Waals surface area (Å²) in [6.45, 7) is 0.538. The molecule has 0 spiro atoms. The van der Waals surface area contributed by atoms with E-state index in [9.17, 15) is 9.90 Å². The minimum atomic E-state index is -0.844. The van der Waals surface area contributed by atoms with Gasteiger partial charge in [-0.05, 0) is 23.3 Å². The summed E-state index contributed by atoms with van der Waals surface area (Å²) in [6, 6.07) is 3.28. The van der Waals surface area contributed by atoms with E-state index in [-0.39, 0.29) is 19.6 Å². The topological polar surface area (TPSA) is 157 Å². The van der Waals surface area contributed by atoms with Gasteiger partial charge in [0.1, 0.15) is 6.10 Å². The number of aliphatic hydroxyl groups excluding tert-OH is 1. The number of H-pyrrole nitrogens is 1. The van der Waals surface area contributed by atoms with E-state index >= 15 is 0 Å². The minimum absolute atomic E-state index is 0.0699. The number of nitrogens with one attached hydrogen (secondary N) is 1. The first kappa shape index (κ1) is 14.5. The van der Waals surface area contributed by atoms with E-state index in [1.54, 1.807) is 12.1 Å². The van der Waals surface area contributed by atoms with Crippen LogP contribution in [0.5, 0.6) is 0 Å². The van der Waals surface area contributed by atoms with Gasteiger partial charge in [-0.2, -0.15) is 0 Å². The Morgan fingerprint density at radius 3 is 2.45 bits per heavy atom. The van der Waals surface area contributed by atoms with Crippen molar-refractivity contribution < 1.29 is 9.90 Å². The smallest absolute Gasteiger partial charge is 0.248 e. The summed E-state index contributed by atoms with van der Waals surface area (Å²) < 4.78 is 0. The first-order valence-electron chi connectivity index (χ1n) is 6.28. The Hall–Kier alpha value is -1.93. The van der Waals surface area contributed by atoms with Crippen molar-refractivity contribution in [3.8, 4) is 0 Å². The van der Waals surface area contributed by atoms with Gasteiger partial charge < -0.3 is 33.0 Å². The highest BCUT2D eigenvalue weighted by Gasteiger charge is 2.19. The SMILES string of the molecule is NCc1cc(C(N)=O)cc2[nH]c(C(O)CN)c(CN)c12. The van der Waals surface area contributed by atoms with Gasteiger partial charge in [0.15, 0.2) is 0 Å². The van der Waals surface area contributed by atoms with Crippen molar-refractivity contribution in [2.75, 3.05) is 6.54 Å². The molecule has 0 radical (unpaired) electrons. The summed E-state index contributed by atoms with van der Waals surface area (Å²) in [5, 5.41) is 10.8. The Kier molecular flexibility index (Phi) is 4.05. The third-order valence-corrected chi connectivity index (χ3v) is 3.38. The number of aromatic nitrogens is 1. The van der Waals surface area contributed by atoms with Crippen LogP contribution in [-0.2, 0) is 13.1 Å². The van der Waals surface area contributed by atoms with Gasteiger partial charge in [0, 0.05) is 36.1 Å². The molecule has 0 fully saturated rings. The first-order chi connectivity index (χ1) is 9.53. The number of aliphatic hydroxyl groups is 1. The van der Waals surface area contributed by atoms with Crippen molar-refractivity contribution in [2.24, 2.45) is 22.9 Å². The molecule has 20 heavy (non-hydrogen) atoms. The number of benzene rings is 1. The molecule has 2 aromatic rings. The second-order valence-corrected chi connectivity index (χ2v) is 4.60. The zero-order chi connectivity index (χ0) is 14.9. The largest absolute Gasteiger partial charge is 0.386 e. The van der Waals surface area contributed by atoms with Gasteiger partial charge in [0.05, 0.1) is 5.69 Å². The van der Waals surface area contributed by atoms with Crippen LogP contribution in [0.1, 0.15) is 33.3 Å². The highest BCUT2D eigenvalue weighted by atomic mass is 16.3. The third-order valence-electron chi connectivity index (χ3n) is 3.38. The molecule has 1 aromatic carbocycles. The molecule has 1 heterocycles. The molecule has 0 aliphatic carbocycles. The molecule has 7 nitrogen and oxygen atoms in total. The van der Waals surface area contributed by atoms with Crippen molar-refractivity contribution >= 4 is 16.8 Å². The van der Waals surface area contributed by atoms with Crippen molar-refractivity contribution in [2.45, 2.75) is 19.2 Å². The minimum Gasteiger partial charge on any atom is -0.386 e. The van der Waals surface area contributed by atoms with Crippen LogP contribution < -0.4 is 22.9 Å². The van der Waals surface area contributed by atoms with Crippen LogP contribution >= 0.6 is 0 Å². The van der Waals surface area contributed by atoms with E-state index in [1.165, 1.54) is 0 Å². The molecule has 0 aliphatic heterocycles. The van der Waals surface area contributed by atoms with E-state index in [2.05, 4.69) is 4.98 Å². The van der Waals surface area contributed by atoms with E-state index in [0.29, 0.717) is 16.8 Å². The number of hydrogen-bond acceptors (Lipinski definition) is 5. The van der Waals surface area contributed by atoms with E-state index in [0.717, 1.165) is 16.5 Å². The second kappa shape index (κ2) is 5.59. The standard InChI is InChI=1S/C13H19N5O2/c14-3-7-1-6(13(17)20)2-9-11(7)8(4-15)12(18-9)10(19)5-16/h1-2,10,18-19H,3-5,14-16H2,(H2,17,20). The van der Waals surface area contributed by atoms with Crippen molar-refractivity contribution in [3.63, 3.8) is 0 Å². The third kappa shape index (κ3) is 2.27. The Balaban J connectivity index is 2.78. The van der Waals surface area contributed by atoms with Gasteiger partial charge >= 0.3 is 0 Å². The lowest BCUT2D eigenvalue weighted by molar-refractivity contribution is 0.100. The predicted octanol–water partition coefficient (Wildman–Crippen LogP) is -0.824. The van der Waals surface area contributed by atoms with Crippen LogP contribution in [-0.4, -0.2) is 22.5 Å². The van der Waals surface area contributed by atoms with Crippen LogP contribution in [0.2, 0.25) is 0 Å². The monoisotopic (exact) mass is 277 g/mol. The lowest BCUT2D eigenvalue weighted by Gasteiger charge is -2.09. The summed E-state index contributed by atoms with van der Waals surface area (Å²) in [6.07, 6.45) is -0.844. The van der Waals surface area contributed by atoms with Crippen molar-refractivity contribution in [1.82, 2.24) is 4.98 Å². The normalized spacial score (nSPS) is 12.8. The molecule has 2 rings (SSSR count). The molecule has 10 N–H and O–H groups in total. The highest BCUT2D eigenvalue weighted by Crippen LogP contribution is 2.30. The number of nitrogens with two attached hydrogens (primary N) is 4. The van der Waals surface area contributed by atoms with Crippen LogP contribution in [0.15, 0.2) is 12.1 Å². The lowest BCUT2D eigenvalue weighted by atomic mass is 10.0. The van der Waals surface area contributed by atoms with Gasteiger partial charge in [-0.3, -0.25) is 4.79 Å². The molecule has 0 bridgehead atoms. The molecule has 0 saturated heterocycles. The van der Waals surface area contributed by atoms with E-state index < -0.39 is 12.0 Å². The zero-order valence-corrected chi connectivity index (χ0v) is 11.0. The van der Waals surface area contributed by atoms with Crippen LogP contribution in [0, 0.1) is 0 Å². The summed E-state index contributed by atoms with van der Waals surface area (Å²) in [7, 11) is 0. The molecular weight excluding hydrogens is 258 g/mol. The predicted molar refractivity (Wildman–Crippen MR) is 76.6 cm³/mol. The van der Waals surface area contributed by atoms with Gasteiger partial charge in [0.2, 0.25) is 5.91 Å². The average molecular weight is 277 g/mol. The Bertz CT molecular complexity index is 650. The number of amides is 1. The van der Waals surface area contributed by atoms with Gasteiger partial charge in [-0.25, -0.2) is 0 Å². The second-order valence-electron chi connectivity index (χ2n) is 4.60. The van der Waals surface area contributed by atoms with Gasteiger partial charge in [0.25, 0.3) is 0 Å². The molecule has 1 aromatic heterocycles. The Morgan fingerprint density at radius 1 is 1.25 bits per heavy atom. The fourth-order valence-corrected chi connectivity index (χ4v) is 2.43.